The largest absolute Gasteiger partial charge is 0.294 e. The van der Waals surface area contributed by atoms with Crippen LogP contribution in [0.1, 0.15) is 0 Å². The molecule has 298 valence electrons. The average molecular weight is 819 g/mol. The van der Waals surface area contributed by atoms with Crippen LogP contribution in [0.4, 0.5) is 0 Å². The lowest BCUT2D eigenvalue weighted by molar-refractivity contribution is 0.930. The van der Waals surface area contributed by atoms with Crippen LogP contribution in [0.15, 0.2) is 206 Å². The molecule has 6 heterocycles. The summed E-state index contributed by atoms with van der Waals surface area (Å²) in [5.41, 5.74) is 9.64. The van der Waals surface area contributed by atoms with Gasteiger partial charge in [0.1, 0.15) is 11.6 Å². The topological polar surface area (TPSA) is 71.3 Å². The lowest BCUT2D eigenvalue weighted by Crippen LogP contribution is -2.10. The molecular weight excluding hydrogens is 785 g/mol. The zero-order valence-electron chi connectivity index (χ0n) is 34.2. The summed E-state index contributed by atoms with van der Waals surface area (Å²) in [6.45, 7) is 0. The van der Waals surface area contributed by atoms with Gasteiger partial charge in [0.25, 0.3) is 0 Å². The van der Waals surface area contributed by atoms with Gasteiger partial charge in [0.05, 0.1) is 55.5 Å². The van der Waals surface area contributed by atoms with Crippen molar-refractivity contribution in [2.45, 2.75) is 0 Å². The fourth-order valence-corrected chi connectivity index (χ4v) is 10.2. The van der Waals surface area contributed by atoms with Crippen LogP contribution in [-0.4, -0.2) is 38.2 Å². The van der Waals surface area contributed by atoms with Gasteiger partial charge in [0.2, 0.25) is 11.9 Å². The fourth-order valence-electron chi connectivity index (χ4n) is 10.2. The van der Waals surface area contributed by atoms with Gasteiger partial charge in [-0.3, -0.25) is 18.3 Å². The molecule has 0 spiro atoms. The first kappa shape index (κ1) is 34.8. The number of benzene rings is 8. The van der Waals surface area contributed by atoms with Crippen molar-refractivity contribution in [3.05, 3.63) is 206 Å². The number of rotatable bonds is 5. The summed E-state index contributed by atoms with van der Waals surface area (Å²) in [6.07, 6.45) is 0. The Morgan fingerprint density at radius 3 is 0.656 bits per heavy atom. The number of aromatic nitrogens is 8. The average Bonchev–Trinajstić information content (AvgIpc) is 4.09. The second kappa shape index (κ2) is 13.3. The van der Waals surface area contributed by atoms with Crippen molar-refractivity contribution in [1.82, 2.24) is 38.2 Å². The molecule has 0 atom stereocenters. The Kier molecular flexibility index (Phi) is 7.23. The third-order valence-electron chi connectivity index (χ3n) is 12.8. The van der Waals surface area contributed by atoms with Gasteiger partial charge < -0.3 is 0 Å². The molecule has 0 radical (unpaired) electrons. The van der Waals surface area contributed by atoms with Gasteiger partial charge in [-0.15, -0.1) is 0 Å². The summed E-state index contributed by atoms with van der Waals surface area (Å²) < 4.78 is 8.90. The highest BCUT2D eigenvalue weighted by Crippen LogP contribution is 2.38. The summed E-state index contributed by atoms with van der Waals surface area (Å²) in [7, 11) is 0. The van der Waals surface area contributed by atoms with E-state index in [1.807, 2.05) is 0 Å². The van der Waals surface area contributed by atoms with Crippen LogP contribution >= 0.6 is 0 Å². The molecule has 0 saturated heterocycles. The molecule has 0 aliphatic heterocycles. The second-order valence-corrected chi connectivity index (χ2v) is 16.3. The first-order valence-corrected chi connectivity index (χ1v) is 21.5. The van der Waals surface area contributed by atoms with Crippen molar-refractivity contribution < 1.29 is 0 Å². The summed E-state index contributed by atoms with van der Waals surface area (Å²) in [4.78, 5) is 22.1. The number of hydrogen-bond acceptors (Lipinski definition) is 4. The van der Waals surface area contributed by atoms with E-state index in [9.17, 15) is 0 Å². The summed E-state index contributed by atoms with van der Waals surface area (Å²) in [5, 5.41) is 9.15. The molecule has 14 rings (SSSR count). The van der Waals surface area contributed by atoms with Gasteiger partial charge in [-0.2, -0.15) is 9.97 Å². The molecule has 64 heavy (non-hydrogen) atoms. The molecule has 8 aromatic carbocycles. The molecule has 0 fully saturated rings. The van der Waals surface area contributed by atoms with Gasteiger partial charge in [-0.25, -0.2) is 9.97 Å². The summed E-state index contributed by atoms with van der Waals surface area (Å²) in [6, 6.07) is 72.3. The Hall–Kier alpha value is -8.88. The van der Waals surface area contributed by atoms with Crippen LogP contribution in [0.5, 0.6) is 0 Å². The van der Waals surface area contributed by atoms with Gasteiger partial charge in [-0.1, -0.05) is 146 Å². The van der Waals surface area contributed by atoms with Crippen molar-refractivity contribution in [2.24, 2.45) is 0 Å². The maximum atomic E-state index is 5.54. The first-order chi connectivity index (χ1) is 31.8. The SMILES string of the molecule is c1ccc2c(c1)c1ccccc1n2-c1cc(-c2cc(-n3c4ccccc4c4ccccc43)nc(-n3c4ccccc4c4ccccc43)n2)nc(-n2c3ccccc3c3ccccc32)n1. The fraction of sp³-hybridized carbons (Fsp3) is 0. The Bertz CT molecular complexity index is 3470. The van der Waals surface area contributed by atoms with Crippen molar-refractivity contribution >= 4 is 87.2 Å². The molecule has 0 bridgehead atoms. The van der Waals surface area contributed by atoms with E-state index in [0.717, 1.165) is 98.9 Å². The van der Waals surface area contributed by atoms with Crippen LogP contribution in [0.3, 0.4) is 0 Å². The third-order valence-corrected chi connectivity index (χ3v) is 12.8. The Morgan fingerprint density at radius 1 is 0.219 bits per heavy atom. The highest BCUT2D eigenvalue weighted by atomic mass is 15.2. The molecular formula is C56H34N8. The van der Waals surface area contributed by atoms with E-state index in [1.54, 1.807) is 0 Å². The van der Waals surface area contributed by atoms with E-state index in [0.29, 0.717) is 23.3 Å². The zero-order valence-corrected chi connectivity index (χ0v) is 34.2. The zero-order chi connectivity index (χ0) is 41.9. The monoisotopic (exact) mass is 818 g/mol. The predicted molar refractivity (Wildman–Crippen MR) is 260 cm³/mol. The number of fused-ring (bicyclic) bond motifs is 12. The van der Waals surface area contributed by atoms with E-state index in [4.69, 9.17) is 19.9 Å². The minimum Gasteiger partial charge on any atom is -0.294 e. The number of hydrogen-bond donors (Lipinski definition) is 0. The molecule has 0 N–H and O–H groups in total. The molecule has 6 aromatic heterocycles. The molecule has 8 heteroatoms. The summed E-state index contributed by atoms with van der Waals surface area (Å²) >= 11 is 0. The Labute approximate surface area is 365 Å². The summed E-state index contributed by atoms with van der Waals surface area (Å²) in [5.74, 6) is 2.55. The predicted octanol–water partition coefficient (Wildman–Crippen LogP) is 13.3. The Morgan fingerprint density at radius 2 is 0.422 bits per heavy atom. The van der Waals surface area contributed by atoms with Gasteiger partial charge in [-0.05, 0) is 48.5 Å². The lowest BCUT2D eigenvalue weighted by Gasteiger charge is -2.15. The molecule has 0 amide bonds. The quantitative estimate of drug-likeness (QED) is 0.173. The van der Waals surface area contributed by atoms with Gasteiger partial charge in [0.15, 0.2) is 0 Å². The van der Waals surface area contributed by atoms with Crippen molar-refractivity contribution in [2.75, 3.05) is 0 Å². The van der Waals surface area contributed by atoms with Gasteiger partial charge in [0, 0.05) is 55.2 Å². The van der Waals surface area contributed by atoms with Gasteiger partial charge >= 0.3 is 0 Å². The highest BCUT2D eigenvalue weighted by Gasteiger charge is 2.23. The van der Waals surface area contributed by atoms with E-state index in [1.165, 1.54) is 0 Å². The van der Waals surface area contributed by atoms with Crippen LogP contribution in [0, 0.1) is 0 Å². The van der Waals surface area contributed by atoms with Crippen LogP contribution < -0.4 is 0 Å². The van der Waals surface area contributed by atoms with Crippen molar-refractivity contribution in [3.8, 4) is 34.9 Å². The smallest absolute Gasteiger partial charge is 0.237 e. The van der Waals surface area contributed by atoms with E-state index < -0.39 is 0 Å². The molecule has 0 aliphatic rings. The van der Waals surface area contributed by atoms with E-state index in [2.05, 4.69) is 225 Å². The molecule has 0 aliphatic carbocycles. The number of para-hydroxylation sites is 8. The maximum Gasteiger partial charge on any atom is 0.237 e. The molecule has 14 aromatic rings. The standard InChI is InChI=1S/C56H34N8/c1-9-25-45-35(17-1)36-18-2-10-26-46(36)61(45)53-33-43(57-55(59-53)63-49-29-13-5-21-39(49)40-22-6-14-30-50(40)63)44-34-54(62-47-27-11-3-19-37(47)38-20-4-12-28-48(38)62)60-56(58-44)64-51-31-15-7-23-41(51)42-24-8-16-32-52(42)64/h1-34H. The van der Waals surface area contributed by atoms with E-state index >= 15 is 0 Å². The minimum atomic E-state index is 0.544. The van der Waals surface area contributed by atoms with Crippen LogP contribution in [0.25, 0.3) is 122 Å². The molecule has 8 nitrogen and oxygen atoms in total. The molecule has 0 unspecified atom stereocenters. The van der Waals surface area contributed by atoms with Crippen molar-refractivity contribution in [3.63, 3.8) is 0 Å². The van der Waals surface area contributed by atoms with Crippen LogP contribution in [0.2, 0.25) is 0 Å². The molecule has 0 saturated carbocycles. The van der Waals surface area contributed by atoms with Crippen LogP contribution in [-0.2, 0) is 0 Å². The highest BCUT2D eigenvalue weighted by molar-refractivity contribution is 6.12. The van der Waals surface area contributed by atoms with E-state index in [-0.39, 0.29) is 0 Å². The van der Waals surface area contributed by atoms with Crippen molar-refractivity contribution in [1.29, 1.82) is 0 Å². The first-order valence-electron chi connectivity index (χ1n) is 21.5. The normalized spacial score (nSPS) is 12.1. The number of nitrogens with zero attached hydrogens (tertiary/aromatic N) is 8. The second-order valence-electron chi connectivity index (χ2n) is 16.3. The Balaban J connectivity index is 1.13. The maximum absolute atomic E-state index is 5.54. The lowest BCUT2D eigenvalue weighted by atomic mass is 10.2. The third kappa shape index (κ3) is 4.93. The minimum absolute atomic E-state index is 0.544.